The highest BCUT2D eigenvalue weighted by atomic mass is 14.7. The van der Waals surface area contributed by atoms with Crippen molar-refractivity contribution in [2.45, 2.75) is 33.1 Å². The van der Waals surface area contributed by atoms with Crippen LogP contribution >= 0.6 is 0 Å². The zero-order chi connectivity index (χ0) is 12.2. The summed E-state index contributed by atoms with van der Waals surface area (Å²) >= 11 is 0. The van der Waals surface area contributed by atoms with E-state index in [0.29, 0.717) is 0 Å². The summed E-state index contributed by atoms with van der Waals surface area (Å²) in [4.78, 5) is 4.55. The van der Waals surface area contributed by atoms with E-state index in [1.54, 1.807) is 0 Å². The predicted molar refractivity (Wildman–Crippen MR) is 73.2 cm³/mol. The van der Waals surface area contributed by atoms with Crippen molar-refractivity contribution in [3.8, 4) is 0 Å². The van der Waals surface area contributed by atoms with Gasteiger partial charge in [0, 0.05) is 17.0 Å². The van der Waals surface area contributed by atoms with Crippen LogP contribution in [0.4, 0.5) is 0 Å². The lowest BCUT2D eigenvalue weighted by Gasteiger charge is -2.29. The molecule has 0 amide bonds. The number of hydrogen-bond acceptors (Lipinski definition) is 1. The van der Waals surface area contributed by atoms with Gasteiger partial charge in [0.1, 0.15) is 0 Å². The first-order chi connectivity index (χ1) is 7.99. The summed E-state index contributed by atoms with van der Waals surface area (Å²) in [5.74, 6) is 0. The van der Waals surface area contributed by atoms with E-state index in [-0.39, 0.29) is 5.41 Å². The molecule has 0 aliphatic heterocycles. The molecule has 0 unspecified atom stereocenters. The SMILES string of the molecule is CC1=CC(C)(C)c2cc(C)cc3ccnc1c23. The molecule has 1 aliphatic rings. The fourth-order valence-corrected chi connectivity index (χ4v) is 2.96. The van der Waals surface area contributed by atoms with Gasteiger partial charge in [0.25, 0.3) is 0 Å². The minimum atomic E-state index is 0.102. The summed E-state index contributed by atoms with van der Waals surface area (Å²) in [5.41, 5.74) is 5.27. The molecule has 1 heteroatoms. The van der Waals surface area contributed by atoms with Crippen LogP contribution in [0.2, 0.25) is 0 Å². The predicted octanol–water partition coefficient (Wildman–Crippen LogP) is 4.24. The molecule has 0 bridgehead atoms. The van der Waals surface area contributed by atoms with Gasteiger partial charge < -0.3 is 0 Å². The number of allylic oxidation sites excluding steroid dienone is 2. The van der Waals surface area contributed by atoms with Crippen molar-refractivity contribution in [3.05, 3.63) is 47.3 Å². The van der Waals surface area contributed by atoms with Crippen LogP contribution in [-0.2, 0) is 5.41 Å². The standard InChI is InChI=1S/C16H17N/c1-10-7-12-5-6-17-15-11(2)9-16(3,4)13(8-10)14(12)15/h5-9H,1-4H3. The van der Waals surface area contributed by atoms with Gasteiger partial charge in [-0.05, 0) is 36.4 Å². The zero-order valence-corrected chi connectivity index (χ0v) is 10.8. The van der Waals surface area contributed by atoms with E-state index in [2.05, 4.69) is 57.0 Å². The number of hydrogen-bond donors (Lipinski definition) is 0. The van der Waals surface area contributed by atoms with Crippen LogP contribution in [0.1, 0.15) is 37.6 Å². The lowest BCUT2D eigenvalue weighted by molar-refractivity contribution is 0.672. The lowest BCUT2D eigenvalue weighted by atomic mass is 9.75. The lowest BCUT2D eigenvalue weighted by Crippen LogP contribution is -2.19. The number of benzene rings is 1. The van der Waals surface area contributed by atoms with Crippen molar-refractivity contribution in [1.82, 2.24) is 4.98 Å². The second-order valence-electron chi connectivity index (χ2n) is 5.62. The molecule has 0 fully saturated rings. The third kappa shape index (κ3) is 1.42. The molecule has 0 saturated carbocycles. The smallest absolute Gasteiger partial charge is 0.0737 e. The summed E-state index contributed by atoms with van der Waals surface area (Å²) in [6, 6.07) is 6.67. The number of pyridine rings is 1. The Morgan fingerprint density at radius 2 is 1.88 bits per heavy atom. The van der Waals surface area contributed by atoms with E-state index in [1.807, 2.05) is 6.20 Å². The average molecular weight is 223 g/mol. The Kier molecular flexibility index (Phi) is 1.97. The Labute approximate surface area is 102 Å². The van der Waals surface area contributed by atoms with Crippen LogP contribution in [0.25, 0.3) is 16.3 Å². The number of rotatable bonds is 0. The molecule has 17 heavy (non-hydrogen) atoms. The van der Waals surface area contributed by atoms with E-state index < -0.39 is 0 Å². The third-order valence-corrected chi connectivity index (χ3v) is 3.65. The summed E-state index contributed by atoms with van der Waals surface area (Å²) in [5, 5.41) is 2.65. The summed E-state index contributed by atoms with van der Waals surface area (Å²) in [6.07, 6.45) is 4.24. The normalized spacial score (nSPS) is 17.1. The quantitative estimate of drug-likeness (QED) is 0.651. The molecule has 0 spiro atoms. The van der Waals surface area contributed by atoms with Gasteiger partial charge in [0.05, 0.1) is 5.69 Å². The Hall–Kier alpha value is -1.63. The van der Waals surface area contributed by atoms with Crippen LogP contribution in [0.5, 0.6) is 0 Å². The Balaban J connectivity index is 2.54. The van der Waals surface area contributed by atoms with Gasteiger partial charge in [0.15, 0.2) is 0 Å². The van der Waals surface area contributed by atoms with E-state index in [0.717, 1.165) is 5.69 Å². The van der Waals surface area contributed by atoms with Crippen molar-refractivity contribution in [2.24, 2.45) is 0 Å². The zero-order valence-electron chi connectivity index (χ0n) is 10.8. The highest BCUT2D eigenvalue weighted by Crippen LogP contribution is 2.41. The van der Waals surface area contributed by atoms with Gasteiger partial charge in [-0.1, -0.05) is 37.6 Å². The molecular weight excluding hydrogens is 206 g/mol. The fraction of sp³-hybridized carbons (Fsp3) is 0.312. The molecule has 1 aromatic carbocycles. The minimum absolute atomic E-state index is 0.102. The third-order valence-electron chi connectivity index (χ3n) is 3.65. The molecule has 0 atom stereocenters. The first-order valence-electron chi connectivity index (χ1n) is 6.09. The van der Waals surface area contributed by atoms with Crippen LogP contribution < -0.4 is 0 Å². The molecule has 1 nitrogen and oxygen atoms in total. The molecule has 1 aromatic heterocycles. The monoisotopic (exact) mass is 223 g/mol. The molecule has 0 N–H and O–H groups in total. The van der Waals surface area contributed by atoms with Crippen molar-refractivity contribution < 1.29 is 0 Å². The van der Waals surface area contributed by atoms with Gasteiger partial charge in [0.2, 0.25) is 0 Å². The molecule has 3 rings (SSSR count). The van der Waals surface area contributed by atoms with Gasteiger partial charge in [-0.25, -0.2) is 0 Å². The largest absolute Gasteiger partial charge is 0.256 e. The Bertz CT molecular complexity index is 648. The minimum Gasteiger partial charge on any atom is -0.256 e. The molecule has 1 aliphatic carbocycles. The molecule has 1 heterocycles. The number of nitrogens with zero attached hydrogens (tertiary/aromatic N) is 1. The fourth-order valence-electron chi connectivity index (χ4n) is 2.96. The first-order valence-corrected chi connectivity index (χ1v) is 6.09. The topological polar surface area (TPSA) is 12.9 Å². The van der Waals surface area contributed by atoms with Crippen LogP contribution in [0.15, 0.2) is 30.5 Å². The van der Waals surface area contributed by atoms with Crippen molar-refractivity contribution in [2.75, 3.05) is 0 Å². The van der Waals surface area contributed by atoms with E-state index in [9.17, 15) is 0 Å². The number of aryl methyl sites for hydroxylation is 1. The van der Waals surface area contributed by atoms with E-state index in [1.165, 1.54) is 27.5 Å². The second-order valence-corrected chi connectivity index (χ2v) is 5.62. The highest BCUT2D eigenvalue weighted by molar-refractivity contribution is 5.97. The van der Waals surface area contributed by atoms with Crippen LogP contribution in [-0.4, -0.2) is 4.98 Å². The number of aromatic nitrogens is 1. The Morgan fingerprint density at radius 1 is 1.12 bits per heavy atom. The van der Waals surface area contributed by atoms with E-state index >= 15 is 0 Å². The summed E-state index contributed by atoms with van der Waals surface area (Å²) in [6.45, 7) is 8.88. The molecule has 0 radical (unpaired) electrons. The maximum Gasteiger partial charge on any atom is 0.0737 e. The van der Waals surface area contributed by atoms with Gasteiger partial charge in [-0.3, -0.25) is 4.98 Å². The van der Waals surface area contributed by atoms with Gasteiger partial charge in [-0.2, -0.15) is 0 Å². The van der Waals surface area contributed by atoms with Crippen LogP contribution in [0.3, 0.4) is 0 Å². The van der Waals surface area contributed by atoms with Crippen molar-refractivity contribution in [3.63, 3.8) is 0 Å². The van der Waals surface area contributed by atoms with E-state index in [4.69, 9.17) is 0 Å². The maximum atomic E-state index is 4.55. The maximum absolute atomic E-state index is 4.55. The molecule has 86 valence electrons. The molecule has 2 aromatic rings. The molecular formula is C16H17N. The van der Waals surface area contributed by atoms with Gasteiger partial charge in [-0.15, -0.1) is 0 Å². The summed E-state index contributed by atoms with van der Waals surface area (Å²) < 4.78 is 0. The highest BCUT2D eigenvalue weighted by Gasteiger charge is 2.27. The molecule has 0 saturated heterocycles. The first kappa shape index (κ1) is 10.5. The van der Waals surface area contributed by atoms with Crippen LogP contribution in [0, 0.1) is 6.92 Å². The average Bonchev–Trinajstić information content (AvgIpc) is 2.24. The Morgan fingerprint density at radius 3 is 2.65 bits per heavy atom. The second kappa shape index (κ2) is 3.19. The van der Waals surface area contributed by atoms with Crippen molar-refractivity contribution >= 4 is 16.3 Å². The van der Waals surface area contributed by atoms with Gasteiger partial charge >= 0.3 is 0 Å². The summed E-state index contributed by atoms with van der Waals surface area (Å²) in [7, 11) is 0. The van der Waals surface area contributed by atoms with Crippen molar-refractivity contribution in [1.29, 1.82) is 0 Å².